The number of rotatable bonds is 3. The molecule has 0 spiro atoms. The molecule has 2 aliphatic rings. The number of allylic oxidation sites excluding steroid dienone is 4. The maximum atomic E-state index is 9.53. The number of aliphatic hydroxyl groups is 2. The molecule has 0 bridgehead atoms. The minimum atomic E-state index is -0.772. The van der Waals surface area contributed by atoms with E-state index in [1.165, 1.54) is 0 Å². The van der Waals surface area contributed by atoms with Crippen LogP contribution in [-0.4, -0.2) is 22.4 Å². The summed E-state index contributed by atoms with van der Waals surface area (Å²) in [5.41, 5.74) is 1.59. The smallest absolute Gasteiger partial charge is 0.109 e. The molecule has 0 fully saturated rings. The SMILES string of the molecule is O[C@@H](C1=CC=C1)[C@@H](O)C1=CC=C1. The normalized spacial score (nSPS) is 23.5. The summed E-state index contributed by atoms with van der Waals surface area (Å²) in [5.74, 6) is 0. The highest BCUT2D eigenvalue weighted by molar-refractivity contribution is 5.44. The predicted molar refractivity (Wildman–Crippen MR) is 46.5 cm³/mol. The highest BCUT2D eigenvalue weighted by atomic mass is 16.3. The highest BCUT2D eigenvalue weighted by Gasteiger charge is 2.24. The van der Waals surface area contributed by atoms with Gasteiger partial charge in [0.2, 0.25) is 0 Å². The van der Waals surface area contributed by atoms with Gasteiger partial charge in [0.25, 0.3) is 0 Å². The molecular formula is C10H10O2. The molecule has 0 amide bonds. The molecular weight excluding hydrogens is 152 g/mol. The van der Waals surface area contributed by atoms with Gasteiger partial charge in [0, 0.05) is 0 Å². The first-order valence-electron chi connectivity index (χ1n) is 3.92. The fourth-order valence-electron chi connectivity index (χ4n) is 1.17. The highest BCUT2D eigenvalue weighted by Crippen LogP contribution is 2.22. The van der Waals surface area contributed by atoms with Crippen LogP contribution in [-0.2, 0) is 0 Å². The van der Waals surface area contributed by atoms with E-state index in [9.17, 15) is 10.2 Å². The molecule has 0 aromatic carbocycles. The summed E-state index contributed by atoms with van der Waals surface area (Å²) < 4.78 is 0. The van der Waals surface area contributed by atoms with Crippen molar-refractivity contribution in [3.63, 3.8) is 0 Å². The standard InChI is InChI=1S/C10H10O2/c11-9(7-3-1-4-7)10(12)8-5-2-6-8/h1-6,9-12H/t9-,10-/m0/s1. The molecule has 2 heteroatoms. The average molecular weight is 162 g/mol. The summed E-state index contributed by atoms with van der Waals surface area (Å²) in [5, 5.41) is 19.1. The van der Waals surface area contributed by atoms with Crippen molar-refractivity contribution in [2.45, 2.75) is 12.2 Å². The van der Waals surface area contributed by atoms with E-state index >= 15 is 0 Å². The van der Waals surface area contributed by atoms with E-state index in [0.717, 1.165) is 11.1 Å². The lowest BCUT2D eigenvalue weighted by Gasteiger charge is -2.23. The Morgan fingerprint density at radius 2 is 1.17 bits per heavy atom. The van der Waals surface area contributed by atoms with Crippen molar-refractivity contribution in [2.75, 3.05) is 0 Å². The Labute approximate surface area is 70.8 Å². The second kappa shape index (κ2) is 2.73. The Morgan fingerprint density at radius 3 is 1.33 bits per heavy atom. The van der Waals surface area contributed by atoms with Crippen molar-refractivity contribution in [1.29, 1.82) is 0 Å². The summed E-state index contributed by atoms with van der Waals surface area (Å²) in [6.07, 6.45) is 9.35. The van der Waals surface area contributed by atoms with Crippen molar-refractivity contribution < 1.29 is 10.2 Å². The van der Waals surface area contributed by atoms with Crippen LogP contribution in [0, 0.1) is 0 Å². The fraction of sp³-hybridized carbons (Fsp3) is 0.200. The Kier molecular flexibility index (Phi) is 1.71. The van der Waals surface area contributed by atoms with Crippen LogP contribution in [0.4, 0.5) is 0 Å². The summed E-state index contributed by atoms with van der Waals surface area (Å²) >= 11 is 0. The quantitative estimate of drug-likeness (QED) is 0.641. The van der Waals surface area contributed by atoms with Crippen molar-refractivity contribution >= 4 is 0 Å². The van der Waals surface area contributed by atoms with Crippen LogP contribution in [0.5, 0.6) is 0 Å². The zero-order chi connectivity index (χ0) is 8.55. The predicted octanol–water partition coefficient (Wildman–Crippen LogP) is 0.701. The first kappa shape index (κ1) is 7.53. The van der Waals surface area contributed by atoms with Gasteiger partial charge in [-0.1, -0.05) is 36.5 Å². The lowest BCUT2D eigenvalue weighted by Crippen LogP contribution is -2.30. The van der Waals surface area contributed by atoms with Gasteiger partial charge in [-0.05, 0) is 11.1 Å². The molecule has 0 unspecified atom stereocenters. The van der Waals surface area contributed by atoms with Gasteiger partial charge in [0.05, 0.1) is 0 Å². The molecule has 0 heterocycles. The number of hydrogen-bond acceptors (Lipinski definition) is 2. The van der Waals surface area contributed by atoms with E-state index in [1.807, 2.05) is 12.2 Å². The zero-order valence-electron chi connectivity index (χ0n) is 6.51. The van der Waals surface area contributed by atoms with E-state index in [-0.39, 0.29) is 0 Å². The van der Waals surface area contributed by atoms with E-state index in [2.05, 4.69) is 0 Å². The van der Waals surface area contributed by atoms with Gasteiger partial charge in [-0.3, -0.25) is 0 Å². The number of aliphatic hydroxyl groups excluding tert-OH is 2. The van der Waals surface area contributed by atoms with Crippen molar-refractivity contribution in [3.8, 4) is 0 Å². The zero-order valence-corrected chi connectivity index (χ0v) is 6.51. The first-order valence-corrected chi connectivity index (χ1v) is 3.92. The molecule has 2 aliphatic carbocycles. The van der Waals surface area contributed by atoms with Crippen LogP contribution in [0.1, 0.15) is 0 Å². The third-order valence-electron chi connectivity index (χ3n) is 2.14. The monoisotopic (exact) mass is 162 g/mol. The molecule has 62 valence electrons. The maximum absolute atomic E-state index is 9.53. The van der Waals surface area contributed by atoms with Crippen LogP contribution in [0.3, 0.4) is 0 Å². The molecule has 2 rings (SSSR count). The Bertz CT molecular complexity index is 276. The van der Waals surface area contributed by atoms with E-state index in [4.69, 9.17) is 0 Å². The summed E-state index contributed by atoms with van der Waals surface area (Å²) in [6.45, 7) is 0. The van der Waals surface area contributed by atoms with Crippen molar-refractivity contribution in [1.82, 2.24) is 0 Å². The largest absolute Gasteiger partial charge is 0.385 e. The summed E-state index contributed by atoms with van der Waals surface area (Å²) in [4.78, 5) is 0. The molecule has 0 saturated heterocycles. The lowest BCUT2D eigenvalue weighted by molar-refractivity contribution is 0.0690. The summed E-state index contributed by atoms with van der Waals surface area (Å²) in [7, 11) is 0. The third-order valence-corrected chi connectivity index (χ3v) is 2.14. The van der Waals surface area contributed by atoms with E-state index in [1.54, 1.807) is 24.3 Å². The van der Waals surface area contributed by atoms with Crippen LogP contribution in [0.25, 0.3) is 0 Å². The lowest BCUT2D eigenvalue weighted by atomic mass is 9.91. The second-order valence-electron chi connectivity index (χ2n) is 2.94. The molecule has 2 atom stereocenters. The van der Waals surface area contributed by atoms with Gasteiger partial charge in [0.15, 0.2) is 0 Å². The van der Waals surface area contributed by atoms with E-state index in [0.29, 0.717) is 0 Å². The second-order valence-corrected chi connectivity index (χ2v) is 2.94. The first-order chi connectivity index (χ1) is 5.79. The van der Waals surface area contributed by atoms with Gasteiger partial charge >= 0.3 is 0 Å². The average Bonchev–Trinajstić information content (AvgIpc) is 1.79. The Morgan fingerprint density at radius 1 is 0.833 bits per heavy atom. The van der Waals surface area contributed by atoms with Gasteiger partial charge in [-0.15, -0.1) is 0 Å². The molecule has 2 nitrogen and oxygen atoms in total. The number of hydrogen-bond donors (Lipinski definition) is 2. The summed E-state index contributed by atoms with van der Waals surface area (Å²) in [6, 6.07) is 0. The van der Waals surface area contributed by atoms with Crippen LogP contribution in [0.15, 0.2) is 47.6 Å². The molecule has 2 N–H and O–H groups in total. The van der Waals surface area contributed by atoms with Gasteiger partial charge in [0.1, 0.15) is 12.2 Å². The molecule has 12 heavy (non-hydrogen) atoms. The molecule has 0 saturated carbocycles. The molecule has 0 aromatic heterocycles. The minimum absolute atomic E-state index is 0.772. The van der Waals surface area contributed by atoms with Crippen LogP contribution >= 0.6 is 0 Å². The molecule has 0 radical (unpaired) electrons. The van der Waals surface area contributed by atoms with Gasteiger partial charge < -0.3 is 10.2 Å². The maximum Gasteiger partial charge on any atom is 0.109 e. The van der Waals surface area contributed by atoms with Gasteiger partial charge in [-0.2, -0.15) is 0 Å². The minimum Gasteiger partial charge on any atom is -0.385 e. The van der Waals surface area contributed by atoms with Crippen molar-refractivity contribution in [3.05, 3.63) is 47.6 Å². The third kappa shape index (κ3) is 1.05. The topological polar surface area (TPSA) is 40.5 Å². The van der Waals surface area contributed by atoms with Crippen molar-refractivity contribution in [2.24, 2.45) is 0 Å². The van der Waals surface area contributed by atoms with Crippen LogP contribution < -0.4 is 0 Å². The van der Waals surface area contributed by atoms with E-state index < -0.39 is 12.2 Å². The Balaban J connectivity index is 1.99. The fourth-order valence-corrected chi connectivity index (χ4v) is 1.17. The molecule has 0 aliphatic heterocycles. The van der Waals surface area contributed by atoms with Gasteiger partial charge in [-0.25, -0.2) is 0 Å². The molecule has 0 aromatic rings. The Hall–Kier alpha value is -1.12. The van der Waals surface area contributed by atoms with Crippen LogP contribution in [0.2, 0.25) is 0 Å².